The maximum atomic E-state index is 12.1. The first kappa shape index (κ1) is 13.9. The van der Waals surface area contributed by atoms with E-state index in [2.05, 4.69) is 26.6 Å². The number of anilines is 3. The second-order valence-electron chi connectivity index (χ2n) is 5.24. The Morgan fingerprint density at radius 1 is 1.14 bits per heavy atom. The van der Waals surface area contributed by atoms with E-state index in [4.69, 9.17) is 0 Å². The SMILES string of the molecule is CN(C)c1ccc(NC2C(=O)Nc3ccc(Br)cc32)cc1. The second kappa shape index (κ2) is 5.41. The van der Waals surface area contributed by atoms with Crippen molar-refractivity contribution in [2.24, 2.45) is 0 Å². The van der Waals surface area contributed by atoms with Gasteiger partial charge in [-0.15, -0.1) is 0 Å². The summed E-state index contributed by atoms with van der Waals surface area (Å²) in [5.41, 5.74) is 3.88. The summed E-state index contributed by atoms with van der Waals surface area (Å²) in [5, 5.41) is 6.18. The van der Waals surface area contributed by atoms with Crippen LogP contribution in [0.15, 0.2) is 46.9 Å². The molecule has 1 heterocycles. The van der Waals surface area contributed by atoms with Crippen molar-refractivity contribution in [1.82, 2.24) is 0 Å². The molecule has 0 bridgehead atoms. The highest BCUT2D eigenvalue weighted by Crippen LogP contribution is 2.35. The summed E-state index contributed by atoms with van der Waals surface area (Å²) < 4.78 is 0.965. The van der Waals surface area contributed by atoms with Gasteiger partial charge in [-0.3, -0.25) is 4.79 Å². The lowest BCUT2D eigenvalue weighted by molar-refractivity contribution is -0.116. The van der Waals surface area contributed by atoms with Crippen LogP contribution >= 0.6 is 15.9 Å². The van der Waals surface area contributed by atoms with Gasteiger partial charge in [0.1, 0.15) is 6.04 Å². The van der Waals surface area contributed by atoms with Gasteiger partial charge in [-0.05, 0) is 42.5 Å². The van der Waals surface area contributed by atoms with Crippen molar-refractivity contribution >= 4 is 38.9 Å². The molecule has 1 unspecified atom stereocenters. The average molecular weight is 346 g/mol. The Labute approximate surface area is 132 Å². The van der Waals surface area contributed by atoms with Crippen LogP contribution in [-0.4, -0.2) is 20.0 Å². The van der Waals surface area contributed by atoms with Crippen molar-refractivity contribution in [2.75, 3.05) is 29.6 Å². The van der Waals surface area contributed by atoms with Gasteiger partial charge in [-0.25, -0.2) is 0 Å². The van der Waals surface area contributed by atoms with Gasteiger partial charge in [-0.1, -0.05) is 15.9 Å². The number of nitrogens with zero attached hydrogens (tertiary/aromatic N) is 1. The van der Waals surface area contributed by atoms with Gasteiger partial charge < -0.3 is 15.5 Å². The number of fused-ring (bicyclic) bond motifs is 1. The van der Waals surface area contributed by atoms with Crippen molar-refractivity contribution in [2.45, 2.75) is 6.04 Å². The zero-order valence-electron chi connectivity index (χ0n) is 11.9. The third-order valence-electron chi connectivity index (χ3n) is 3.54. The molecule has 2 aromatic carbocycles. The average Bonchev–Trinajstić information content (AvgIpc) is 2.76. The van der Waals surface area contributed by atoms with E-state index in [1.54, 1.807) is 0 Å². The van der Waals surface area contributed by atoms with E-state index >= 15 is 0 Å². The first-order valence-electron chi connectivity index (χ1n) is 6.69. The molecular weight excluding hydrogens is 330 g/mol. The maximum absolute atomic E-state index is 12.1. The molecule has 1 atom stereocenters. The molecule has 1 aliphatic rings. The van der Waals surface area contributed by atoms with Crippen LogP contribution in [0.5, 0.6) is 0 Å². The van der Waals surface area contributed by atoms with Crippen LogP contribution in [-0.2, 0) is 4.79 Å². The van der Waals surface area contributed by atoms with Crippen molar-refractivity contribution in [1.29, 1.82) is 0 Å². The van der Waals surface area contributed by atoms with Gasteiger partial charge in [0, 0.05) is 41.2 Å². The molecule has 1 aliphatic heterocycles. The summed E-state index contributed by atoms with van der Waals surface area (Å²) in [4.78, 5) is 14.2. The van der Waals surface area contributed by atoms with Crippen molar-refractivity contribution < 1.29 is 4.79 Å². The number of hydrogen-bond donors (Lipinski definition) is 2. The van der Waals surface area contributed by atoms with Crippen molar-refractivity contribution in [3.8, 4) is 0 Å². The van der Waals surface area contributed by atoms with E-state index in [0.717, 1.165) is 27.1 Å². The topological polar surface area (TPSA) is 44.4 Å². The summed E-state index contributed by atoms with van der Waals surface area (Å²) in [6.45, 7) is 0. The van der Waals surface area contributed by atoms with E-state index in [0.29, 0.717) is 0 Å². The Morgan fingerprint density at radius 2 is 1.86 bits per heavy atom. The standard InChI is InChI=1S/C16H16BrN3O/c1-20(2)12-6-4-11(5-7-12)18-15-13-9-10(17)3-8-14(13)19-16(15)21/h3-9,15,18H,1-2H3,(H,19,21). The quantitative estimate of drug-likeness (QED) is 0.892. The number of carbonyl (C=O) groups excluding carboxylic acids is 1. The molecule has 0 aliphatic carbocycles. The highest BCUT2D eigenvalue weighted by atomic mass is 79.9. The highest BCUT2D eigenvalue weighted by molar-refractivity contribution is 9.10. The fourth-order valence-corrected chi connectivity index (χ4v) is 2.78. The van der Waals surface area contributed by atoms with Crippen LogP contribution in [0, 0.1) is 0 Å². The van der Waals surface area contributed by atoms with Gasteiger partial charge in [0.2, 0.25) is 0 Å². The Kier molecular flexibility index (Phi) is 3.59. The molecule has 2 aromatic rings. The molecule has 4 nitrogen and oxygen atoms in total. The summed E-state index contributed by atoms with van der Waals surface area (Å²) in [6.07, 6.45) is 0. The number of halogens is 1. The van der Waals surface area contributed by atoms with Gasteiger partial charge in [-0.2, -0.15) is 0 Å². The van der Waals surface area contributed by atoms with E-state index in [-0.39, 0.29) is 11.9 Å². The lowest BCUT2D eigenvalue weighted by Gasteiger charge is -2.16. The van der Waals surface area contributed by atoms with Gasteiger partial charge in [0.25, 0.3) is 5.91 Å². The number of rotatable bonds is 3. The minimum absolute atomic E-state index is 0.0280. The fourth-order valence-electron chi connectivity index (χ4n) is 2.40. The van der Waals surface area contributed by atoms with Crippen LogP contribution < -0.4 is 15.5 Å². The Hall–Kier alpha value is -2.01. The first-order valence-corrected chi connectivity index (χ1v) is 7.48. The number of benzene rings is 2. The van der Waals surface area contributed by atoms with Gasteiger partial charge in [0.15, 0.2) is 0 Å². The van der Waals surface area contributed by atoms with Crippen molar-refractivity contribution in [3.63, 3.8) is 0 Å². The minimum Gasteiger partial charge on any atom is -0.378 e. The molecule has 0 saturated carbocycles. The van der Waals surface area contributed by atoms with Gasteiger partial charge >= 0.3 is 0 Å². The summed E-state index contributed by atoms with van der Waals surface area (Å²) >= 11 is 3.45. The molecule has 5 heteroatoms. The number of nitrogens with one attached hydrogen (secondary N) is 2. The predicted octanol–water partition coefficient (Wildman–Crippen LogP) is 3.62. The largest absolute Gasteiger partial charge is 0.378 e. The molecule has 0 radical (unpaired) electrons. The second-order valence-corrected chi connectivity index (χ2v) is 6.16. The molecule has 0 aromatic heterocycles. The monoisotopic (exact) mass is 345 g/mol. The highest BCUT2D eigenvalue weighted by Gasteiger charge is 2.30. The Bertz CT molecular complexity index is 682. The molecule has 108 valence electrons. The molecule has 21 heavy (non-hydrogen) atoms. The van der Waals surface area contributed by atoms with Crippen LogP contribution in [0.4, 0.5) is 17.1 Å². The third-order valence-corrected chi connectivity index (χ3v) is 4.03. The van der Waals surface area contributed by atoms with Crippen LogP contribution in [0.3, 0.4) is 0 Å². The lowest BCUT2D eigenvalue weighted by Crippen LogP contribution is -2.19. The number of carbonyl (C=O) groups is 1. The molecular formula is C16H16BrN3O. The van der Waals surface area contributed by atoms with Crippen LogP contribution in [0.2, 0.25) is 0 Å². The van der Waals surface area contributed by atoms with E-state index in [1.165, 1.54) is 0 Å². The molecule has 3 rings (SSSR count). The summed E-state index contributed by atoms with van der Waals surface area (Å²) in [7, 11) is 4.00. The molecule has 1 amide bonds. The van der Waals surface area contributed by atoms with E-state index < -0.39 is 0 Å². The zero-order chi connectivity index (χ0) is 15.0. The summed E-state index contributed by atoms with van der Waals surface area (Å²) in [6, 6.07) is 13.5. The minimum atomic E-state index is -0.359. The van der Waals surface area contributed by atoms with E-state index in [1.807, 2.05) is 61.5 Å². The summed E-state index contributed by atoms with van der Waals surface area (Å²) in [5.74, 6) is -0.0280. The predicted molar refractivity (Wildman–Crippen MR) is 89.9 cm³/mol. The zero-order valence-corrected chi connectivity index (χ0v) is 13.4. The Morgan fingerprint density at radius 3 is 2.52 bits per heavy atom. The Balaban J connectivity index is 1.85. The van der Waals surface area contributed by atoms with E-state index in [9.17, 15) is 4.79 Å². The number of amides is 1. The fraction of sp³-hybridized carbons (Fsp3) is 0.188. The first-order chi connectivity index (χ1) is 10.0. The van der Waals surface area contributed by atoms with Crippen LogP contribution in [0.25, 0.3) is 0 Å². The van der Waals surface area contributed by atoms with Crippen LogP contribution in [0.1, 0.15) is 11.6 Å². The molecule has 0 spiro atoms. The maximum Gasteiger partial charge on any atom is 0.251 e. The molecule has 0 fully saturated rings. The normalized spacial score (nSPS) is 16.3. The molecule has 0 saturated heterocycles. The number of hydrogen-bond acceptors (Lipinski definition) is 3. The third kappa shape index (κ3) is 2.74. The lowest BCUT2D eigenvalue weighted by atomic mass is 10.1. The van der Waals surface area contributed by atoms with Crippen molar-refractivity contribution in [3.05, 3.63) is 52.5 Å². The van der Waals surface area contributed by atoms with Gasteiger partial charge in [0.05, 0.1) is 0 Å². The molecule has 2 N–H and O–H groups in total. The smallest absolute Gasteiger partial charge is 0.251 e.